The van der Waals surface area contributed by atoms with Crippen LogP contribution in [0.1, 0.15) is 54.6 Å². The minimum absolute atomic E-state index is 0.228. The summed E-state index contributed by atoms with van der Waals surface area (Å²) in [6, 6.07) is 4.56. The zero-order valence-electron chi connectivity index (χ0n) is 18.0. The van der Waals surface area contributed by atoms with E-state index in [9.17, 15) is 19.2 Å². The normalized spacial score (nSPS) is 28.2. The van der Waals surface area contributed by atoms with Crippen LogP contribution < -0.4 is 0 Å². The standard InChI is InChI=1S/C24H29NO5/c1-12(2)21(24(29)30-11-18(26)17-9-13(3)5-6-14(17)4)25-22(27)19-15-7-8-16(10-15)20(19)23(25)28/h5-6,9,12,15-16,19-21H,7-8,10-11H2,1-4H3/t15-,16-,19+,20+,21-/m0/s1. The smallest absolute Gasteiger partial charge is 0.330 e. The summed E-state index contributed by atoms with van der Waals surface area (Å²) in [5, 5.41) is 0. The number of aryl methyl sites for hydroxylation is 2. The molecule has 4 rings (SSSR count). The number of fused-ring (bicyclic) bond motifs is 5. The van der Waals surface area contributed by atoms with Crippen LogP contribution in [0.3, 0.4) is 0 Å². The zero-order chi connectivity index (χ0) is 21.7. The van der Waals surface area contributed by atoms with E-state index < -0.39 is 18.6 Å². The molecule has 1 aliphatic heterocycles. The fourth-order valence-electron chi connectivity index (χ4n) is 5.72. The molecule has 0 radical (unpaired) electrons. The van der Waals surface area contributed by atoms with Gasteiger partial charge in [-0.2, -0.15) is 0 Å². The predicted molar refractivity (Wildman–Crippen MR) is 109 cm³/mol. The van der Waals surface area contributed by atoms with Gasteiger partial charge in [0.25, 0.3) is 0 Å². The molecule has 1 aromatic carbocycles. The van der Waals surface area contributed by atoms with Gasteiger partial charge in [0.2, 0.25) is 17.6 Å². The van der Waals surface area contributed by atoms with E-state index in [1.54, 1.807) is 19.9 Å². The van der Waals surface area contributed by atoms with Crippen molar-refractivity contribution < 1.29 is 23.9 Å². The van der Waals surface area contributed by atoms with Crippen molar-refractivity contribution >= 4 is 23.6 Å². The monoisotopic (exact) mass is 411 g/mol. The summed E-state index contributed by atoms with van der Waals surface area (Å²) in [6.45, 7) is 6.91. The van der Waals surface area contributed by atoms with Crippen molar-refractivity contribution in [2.45, 2.75) is 53.0 Å². The zero-order valence-corrected chi connectivity index (χ0v) is 18.0. The van der Waals surface area contributed by atoms with Gasteiger partial charge in [0, 0.05) is 5.56 Å². The first-order chi connectivity index (χ1) is 14.2. The number of benzene rings is 1. The van der Waals surface area contributed by atoms with Crippen molar-refractivity contribution in [3.8, 4) is 0 Å². The topological polar surface area (TPSA) is 80.8 Å². The number of carbonyl (C=O) groups excluding carboxylic acids is 4. The number of hydrogen-bond acceptors (Lipinski definition) is 5. The molecule has 0 spiro atoms. The van der Waals surface area contributed by atoms with E-state index in [4.69, 9.17) is 4.74 Å². The third-order valence-corrected chi connectivity index (χ3v) is 7.15. The third-order valence-electron chi connectivity index (χ3n) is 7.15. The SMILES string of the molecule is Cc1ccc(C)c(C(=O)COC(=O)[C@H](C(C)C)N2C(=O)[C@@H]3[C@H]4CC[C@@H](C4)[C@H]3C2=O)c1. The number of imide groups is 1. The van der Waals surface area contributed by atoms with Gasteiger partial charge in [0.1, 0.15) is 6.04 Å². The number of likely N-dealkylation sites (tertiary alicyclic amines) is 1. The molecule has 1 aromatic rings. The van der Waals surface area contributed by atoms with Crippen LogP contribution in [0.25, 0.3) is 0 Å². The quantitative estimate of drug-likeness (QED) is 0.408. The summed E-state index contributed by atoms with van der Waals surface area (Å²) in [5.41, 5.74) is 2.28. The van der Waals surface area contributed by atoms with Gasteiger partial charge in [-0.25, -0.2) is 4.79 Å². The number of rotatable bonds is 6. The van der Waals surface area contributed by atoms with E-state index in [0.29, 0.717) is 5.56 Å². The van der Waals surface area contributed by atoms with Gasteiger partial charge in [-0.05, 0) is 62.5 Å². The van der Waals surface area contributed by atoms with E-state index in [2.05, 4.69) is 0 Å². The lowest BCUT2D eigenvalue weighted by Crippen LogP contribution is -2.50. The van der Waals surface area contributed by atoms with Gasteiger partial charge in [-0.3, -0.25) is 19.3 Å². The van der Waals surface area contributed by atoms with Crippen LogP contribution in [0.5, 0.6) is 0 Å². The number of carbonyl (C=O) groups is 4. The molecule has 1 heterocycles. The summed E-state index contributed by atoms with van der Waals surface area (Å²) >= 11 is 0. The molecular formula is C24H29NO5. The average Bonchev–Trinajstić information content (AvgIpc) is 3.37. The van der Waals surface area contributed by atoms with Crippen molar-refractivity contribution in [3.05, 3.63) is 34.9 Å². The van der Waals surface area contributed by atoms with Gasteiger partial charge < -0.3 is 4.74 Å². The number of nitrogens with zero attached hydrogens (tertiary/aromatic N) is 1. The molecule has 30 heavy (non-hydrogen) atoms. The average molecular weight is 411 g/mol. The Morgan fingerprint density at radius 2 is 1.67 bits per heavy atom. The number of ketones is 1. The highest BCUT2D eigenvalue weighted by Gasteiger charge is 2.62. The summed E-state index contributed by atoms with van der Waals surface area (Å²) in [7, 11) is 0. The molecule has 0 aromatic heterocycles. The Balaban J connectivity index is 1.49. The van der Waals surface area contributed by atoms with Gasteiger partial charge in [-0.1, -0.05) is 31.5 Å². The van der Waals surface area contributed by atoms with Gasteiger partial charge in [0.05, 0.1) is 11.8 Å². The van der Waals surface area contributed by atoms with Crippen LogP contribution in [0.2, 0.25) is 0 Å². The predicted octanol–water partition coefficient (Wildman–Crippen LogP) is 3.09. The molecule has 0 unspecified atom stereocenters. The van der Waals surface area contributed by atoms with Crippen LogP contribution in [0.15, 0.2) is 18.2 Å². The number of Topliss-reactive ketones (excluding diaryl/α,β-unsaturated/α-hetero) is 1. The highest BCUT2D eigenvalue weighted by atomic mass is 16.5. The molecule has 3 aliphatic rings. The molecule has 2 amide bonds. The summed E-state index contributed by atoms with van der Waals surface area (Å²) in [5.74, 6) is -1.75. The number of amides is 2. The first kappa shape index (κ1) is 20.8. The maximum Gasteiger partial charge on any atom is 0.330 e. The Morgan fingerprint density at radius 1 is 1.07 bits per heavy atom. The van der Waals surface area contributed by atoms with Crippen molar-refractivity contribution in [3.63, 3.8) is 0 Å². The van der Waals surface area contributed by atoms with Crippen molar-refractivity contribution in [1.29, 1.82) is 0 Å². The molecule has 6 heteroatoms. The minimum atomic E-state index is -0.985. The van der Waals surface area contributed by atoms with Gasteiger partial charge in [-0.15, -0.1) is 0 Å². The number of esters is 1. The molecule has 2 bridgehead atoms. The second kappa shape index (κ2) is 7.64. The number of ether oxygens (including phenoxy) is 1. The Hall–Kier alpha value is -2.50. The van der Waals surface area contributed by atoms with Crippen molar-refractivity contribution in [2.75, 3.05) is 6.61 Å². The largest absolute Gasteiger partial charge is 0.456 e. The Morgan fingerprint density at radius 3 is 2.23 bits per heavy atom. The molecule has 0 N–H and O–H groups in total. The second-order valence-corrected chi connectivity index (χ2v) is 9.47. The minimum Gasteiger partial charge on any atom is -0.456 e. The molecule has 5 atom stereocenters. The highest BCUT2D eigenvalue weighted by molar-refractivity contribution is 6.09. The van der Waals surface area contributed by atoms with E-state index in [0.717, 1.165) is 35.3 Å². The summed E-state index contributed by atoms with van der Waals surface area (Å²) < 4.78 is 5.34. The fraction of sp³-hybridized carbons (Fsp3) is 0.583. The lowest BCUT2D eigenvalue weighted by atomic mass is 9.81. The van der Waals surface area contributed by atoms with E-state index in [1.165, 1.54) is 0 Å². The fourth-order valence-corrected chi connectivity index (χ4v) is 5.72. The van der Waals surface area contributed by atoms with E-state index in [-0.39, 0.29) is 47.2 Å². The lowest BCUT2D eigenvalue weighted by molar-refractivity contribution is -0.160. The molecule has 6 nitrogen and oxygen atoms in total. The first-order valence-electron chi connectivity index (χ1n) is 10.8. The molecular weight excluding hydrogens is 382 g/mol. The maximum atomic E-state index is 13.1. The van der Waals surface area contributed by atoms with E-state index >= 15 is 0 Å². The molecule has 160 valence electrons. The Labute approximate surface area is 177 Å². The number of hydrogen-bond donors (Lipinski definition) is 0. The summed E-state index contributed by atoms with van der Waals surface area (Å²) in [6.07, 6.45) is 2.92. The van der Waals surface area contributed by atoms with Crippen molar-refractivity contribution in [2.24, 2.45) is 29.6 Å². The molecule has 3 fully saturated rings. The first-order valence-corrected chi connectivity index (χ1v) is 10.8. The van der Waals surface area contributed by atoms with Crippen LogP contribution >= 0.6 is 0 Å². The van der Waals surface area contributed by atoms with Crippen LogP contribution in [0.4, 0.5) is 0 Å². The maximum absolute atomic E-state index is 13.1. The van der Waals surface area contributed by atoms with Crippen molar-refractivity contribution in [1.82, 2.24) is 4.90 Å². The van der Waals surface area contributed by atoms with E-state index in [1.807, 2.05) is 26.0 Å². The summed E-state index contributed by atoms with van der Waals surface area (Å²) in [4.78, 5) is 52.9. The Bertz CT molecular complexity index is 892. The van der Waals surface area contributed by atoms with Crippen LogP contribution in [0, 0.1) is 43.4 Å². The van der Waals surface area contributed by atoms with Gasteiger partial charge in [0.15, 0.2) is 6.61 Å². The molecule has 1 saturated heterocycles. The lowest BCUT2D eigenvalue weighted by Gasteiger charge is -2.28. The van der Waals surface area contributed by atoms with Crippen LogP contribution in [-0.4, -0.2) is 41.1 Å². The second-order valence-electron chi connectivity index (χ2n) is 9.47. The Kier molecular flexibility index (Phi) is 5.28. The molecule has 2 aliphatic carbocycles. The molecule has 2 saturated carbocycles. The third kappa shape index (κ3) is 3.26. The van der Waals surface area contributed by atoms with Gasteiger partial charge >= 0.3 is 5.97 Å². The highest BCUT2D eigenvalue weighted by Crippen LogP contribution is 2.56. The van der Waals surface area contributed by atoms with Crippen LogP contribution in [-0.2, 0) is 19.1 Å².